The Kier molecular flexibility index (Phi) is 11.5. The van der Waals surface area contributed by atoms with Crippen LogP contribution in [0.1, 0.15) is 18.9 Å². The van der Waals surface area contributed by atoms with Gasteiger partial charge in [0.05, 0.1) is 19.3 Å². The molecule has 1 aromatic carbocycles. The number of carboxylic acid groups (broad SMARTS) is 1. The summed E-state index contributed by atoms with van der Waals surface area (Å²) in [6, 6.07) is 9.29. The van der Waals surface area contributed by atoms with Gasteiger partial charge < -0.3 is 30.1 Å². The minimum atomic E-state index is -5.08. The Morgan fingerprint density at radius 1 is 1.09 bits per heavy atom. The van der Waals surface area contributed by atoms with Gasteiger partial charge in [-0.2, -0.15) is 13.2 Å². The zero-order valence-electron chi connectivity index (χ0n) is 17.7. The molecule has 0 bridgehead atoms. The van der Waals surface area contributed by atoms with Crippen molar-refractivity contribution in [2.75, 3.05) is 39.4 Å². The number of amides is 2. The molecule has 0 radical (unpaired) electrons. The normalized spacial score (nSPS) is 14.8. The van der Waals surface area contributed by atoms with Crippen LogP contribution in [0.2, 0.25) is 0 Å². The van der Waals surface area contributed by atoms with Gasteiger partial charge in [-0.15, -0.1) is 0 Å². The topological polar surface area (TPSA) is 122 Å². The average molecular weight is 463 g/mol. The maximum absolute atomic E-state index is 12.4. The number of aliphatic carboxylic acids is 1. The Labute approximate surface area is 183 Å². The van der Waals surface area contributed by atoms with E-state index in [2.05, 4.69) is 0 Å². The molecule has 32 heavy (non-hydrogen) atoms. The number of benzene rings is 1. The molecule has 3 N–H and O–H groups in total. The van der Waals surface area contributed by atoms with E-state index in [-0.39, 0.29) is 12.0 Å². The number of nitrogens with zero attached hydrogens (tertiary/aromatic N) is 2. The molecule has 9 nitrogen and oxygen atoms in total. The van der Waals surface area contributed by atoms with E-state index in [9.17, 15) is 22.8 Å². The first-order valence-electron chi connectivity index (χ1n) is 9.94. The molecule has 0 unspecified atom stereocenters. The molecular weight excluding hydrogens is 435 g/mol. The van der Waals surface area contributed by atoms with Gasteiger partial charge in [-0.1, -0.05) is 30.3 Å². The van der Waals surface area contributed by atoms with Crippen molar-refractivity contribution >= 4 is 18.0 Å². The zero-order valence-corrected chi connectivity index (χ0v) is 17.7. The lowest BCUT2D eigenvalue weighted by Gasteiger charge is -2.35. The van der Waals surface area contributed by atoms with E-state index in [1.807, 2.05) is 30.3 Å². The van der Waals surface area contributed by atoms with E-state index in [1.54, 1.807) is 16.7 Å². The molecule has 1 aliphatic heterocycles. The van der Waals surface area contributed by atoms with E-state index >= 15 is 0 Å². The van der Waals surface area contributed by atoms with Crippen LogP contribution < -0.4 is 5.73 Å². The summed E-state index contributed by atoms with van der Waals surface area (Å²) in [5, 5.41) is 7.12. The van der Waals surface area contributed by atoms with Crippen LogP contribution in [-0.2, 0) is 25.7 Å². The van der Waals surface area contributed by atoms with Crippen LogP contribution in [0.5, 0.6) is 0 Å². The van der Waals surface area contributed by atoms with Crippen LogP contribution >= 0.6 is 0 Å². The molecule has 1 saturated heterocycles. The summed E-state index contributed by atoms with van der Waals surface area (Å²) in [6.45, 7) is 4.99. The first kappa shape index (κ1) is 27.2. The van der Waals surface area contributed by atoms with Crippen molar-refractivity contribution in [3.8, 4) is 0 Å². The summed E-state index contributed by atoms with van der Waals surface area (Å²) in [6.07, 6.45) is -4.93. The maximum Gasteiger partial charge on any atom is 0.490 e. The minimum absolute atomic E-state index is 0.0909. The van der Waals surface area contributed by atoms with Crippen molar-refractivity contribution in [1.82, 2.24) is 9.80 Å². The molecule has 0 spiro atoms. The number of carbonyl (C=O) groups excluding carboxylic acids is 2. The van der Waals surface area contributed by atoms with Crippen LogP contribution in [0.15, 0.2) is 30.3 Å². The Balaban J connectivity index is 0.000000633. The zero-order chi connectivity index (χ0) is 24.1. The third-order valence-electron chi connectivity index (χ3n) is 4.36. The Morgan fingerprint density at radius 2 is 1.62 bits per heavy atom. The predicted molar refractivity (Wildman–Crippen MR) is 108 cm³/mol. The van der Waals surface area contributed by atoms with Crippen LogP contribution in [0.25, 0.3) is 0 Å². The van der Waals surface area contributed by atoms with Gasteiger partial charge in [0, 0.05) is 32.8 Å². The number of rotatable bonds is 7. The third kappa shape index (κ3) is 9.96. The molecule has 0 aliphatic carbocycles. The third-order valence-corrected chi connectivity index (χ3v) is 4.36. The molecule has 0 saturated carbocycles. The van der Waals surface area contributed by atoms with Crippen LogP contribution in [0.4, 0.5) is 18.0 Å². The number of hydrogen-bond donors (Lipinski definition) is 2. The summed E-state index contributed by atoms with van der Waals surface area (Å²) < 4.78 is 42.3. The van der Waals surface area contributed by atoms with Gasteiger partial charge in [-0.3, -0.25) is 4.79 Å². The number of ether oxygens (including phenoxy) is 2. The van der Waals surface area contributed by atoms with Gasteiger partial charge in [0.25, 0.3) is 0 Å². The highest BCUT2D eigenvalue weighted by Crippen LogP contribution is 2.13. The van der Waals surface area contributed by atoms with Gasteiger partial charge in [0.1, 0.15) is 0 Å². The van der Waals surface area contributed by atoms with E-state index in [0.717, 1.165) is 5.56 Å². The number of alkyl halides is 3. The summed E-state index contributed by atoms with van der Waals surface area (Å²) in [4.78, 5) is 36.2. The number of halogens is 3. The second-order valence-electron chi connectivity index (χ2n) is 6.75. The molecule has 1 heterocycles. The van der Waals surface area contributed by atoms with E-state index in [4.69, 9.17) is 25.1 Å². The second-order valence-corrected chi connectivity index (χ2v) is 6.75. The fourth-order valence-electron chi connectivity index (χ4n) is 2.66. The maximum atomic E-state index is 12.4. The minimum Gasteiger partial charge on any atom is -0.475 e. The van der Waals surface area contributed by atoms with Gasteiger partial charge in [-0.25, -0.2) is 9.59 Å². The van der Waals surface area contributed by atoms with Crippen molar-refractivity contribution < 1.29 is 42.1 Å². The highest BCUT2D eigenvalue weighted by Gasteiger charge is 2.38. The molecule has 1 atom stereocenters. The van der Waals surface area contributed by atoms with Gasteiger partial charge in [0.2, 0.25) is 5.91 Å². The molecule has 2 amide bonds. The second kappa shape index (κ2) is 13.5. The number of piperazine rings is 1. The largest absolute Gasteiger partial charge is 0.490 e. The number of carbonyl (C=O) groups is 3. The summed E-state index contributed by atoms with van der Waals surface area (Å²) in [5.74, 6) is -2.85. The standard InChI is InChI=1S/C18H27N3O4.C2HF3O2/c1-2-25-18(23)21-11-9-20(10-12-21)17(22)16(19)8-13-24-14-15-6-4-3-5-7-15;3-2(4,5)1(6)7/h3-7,16H,2,8-14,19H2,1H3;(H,6,7)/t16-;/m0./s1. The van der Waals surface area contributed by atoms with Gasteiger partial charge >= 0.3 is 18.2 Å². The van der Waals surface area contributed by atoms with Gasteiger partial charge in [-0.05, 0) is 18.9 Å². The molecule has 0 aromatic heterocycles. The summed E-state index contributed by atoms with van der Waals surface area (Å²) >= 11 is 0. The van der Waals surface area contributed by atoms with Crippen molar-refractivity contribution in [2.45, 2.75) is 32.2 Å². The molecule has 1 aliphatic rings. The molecule has 2 rings (SSSR count). The van der Waals surface area contributed by atoms with Gasteiger partial charge in [0.15, 0.2) is 0 Å². The lowest BCUT2D eigenvalue weighted by Crippen LogP contribution is -2.54. The Bertz CT molecular complexity index is 725. The summed E-state index contributed by atoms with van der Waals surface area (Å²) in [5.41, 5.74) is 7.09. The van der Waals surface area contributed by atoms with Crippen LogP contribution in [0.3, 0.4) is 0 Å². The monoisotopic (exact) mass is 463 g/mol. The van der Waals surface area contributed by atoms with E-state index in [0.29, 0.717) is 52.4 Å². The lowest BCUT2D eigenvalue weighted by molar-refractivity contribution is -0.192. The number of hydrogen-bond acceptors (Lipinski definition) is 6. The molecular formula is C20H28F3N3O6. The van der Waals surface area contributed by atoms with Crippen molar-refractivity contribution in [2.24, 2.45) is 5.73 Å². The first-order valence-corrected chi connectivity index (χ1v) is 9.94. The highest BCUT2D eigenvalue weighted by molar-refractivity contribution is 5.82. The fourth-order valence-corrected chi connectivity index (χ4v) is 2.66. The van der Waals surface area contributed by atoms with Crippen molar-refractivity contribution in [3.05, 3.63) is 35.9 Å². The quantitative estimate of drug-likeness (QED) is 0.592. The lowest BCUT2D eigenvalue weighted by atomic mass is 10.2. The molecule has 12 heteroatoms. The van der Waals surface area contributed by atoms with E-state index in [1.165, 1.54) is 0 Å². The molecule has 180 valence electrons. The molecule has 1 aromatic rings. The molecule has 1 fully saturated rings. The highest BCUT2D eigenvalue weighted by atomic mass is 19.4. The number of nitrogens with two attached hydrogens (primary N) is 1. The van der Waals surface area contributed by atoms with Crippen LogP contribution in [-0.4, -0.2) is 84.5 Å². The fraction of sp³-hybridized carbons (Fsp3) is 0.550. The van der Waals surface area contributed by atoms with Crippen molar-refractivity contribution in [3.63, 3.8) is 0 Å². The number of carboxylic acids is 1. The Hall–Kier alpha value is -2.86. The SMILES string of the molecule is CCOC(=O)N1CCN(C(=O)[C@@H](N)CCOCc2ccccc2)CC1.O=C(O)C(F)(F)F. The van der Waals surface area contributed by atoms with Crippen molar-refractivity contribution in [1.29, 1.82) is 0 Å². The smallest absolute Gasteiger partial charge is 0.475 e. The predicted octanol–water partition coefficient (Wildman–Crippen LogP) is 1.85. The summed E-state index contributed by atoms with van der Waals surface area (Å²) in [7, 11) is 0. The van der Waals surface area contributed by atoms with E-state index < -0.39 is 18.2 Å². The Morgan fingerprint density at radius 3 is 2.12 bits per heavy atom. The first-order chi connectivity index (χ1) is 15.1. The van der Waals surface area contributed by atoms with Crippen LogP contribution in [0, 0.1) is 0 Å². The average Bonchev–Trinajstić information content (AvgIpc) is 2.77.